The van der Waals surface area contributed by atoms with E-state index in [9.17, 15) is 0 Å². The van der Waals surface area contributed by atoms with Crippen molar-refractivity contribution in [2.24, 2.45) is 0 Å². The molecule has 0 spiro atoms. The first-order chi connectivity index (χ1) is 11.6. The quantitative estimate of drug-likeness (QED) is 0.630. The summed E-state index contributed by atoms with van der Waals surface area (Å²) in [5, 5.41) is 3.42. The Labute approximate surface area is 147 Å². The maximum atomic E-state index is 5.47. The zero-order valence-electron chi connectivity index (χ0n) is 14.5. The van der Waals surface area contributed by atoms with Gasteiger partial charge in [0.25, 0.3) is 0 Å². The third kappa shape index (κ3) is 3.25. The fourth-order valence-electron chi connectivity index (χ4n) is 2.93. The molecule has 4 heteroatoms. The minimum absolute atomic E-state index is 0.797. The Hall–Kier alpha value is -2.04. The lowest BCUT2D eigenvalue weighted by atomic mass is 9.97. The summed E-state index contributed by atoms with van der Waals surface area (Å²) in [6, 6.07) is 16.7. The van der Waals surface area contributed by atoms with Crippen LogP contribution in [0.5, 0.6) is 5.75 Å². The van der Waals surface area contributed by atoms with Crippen LogP contribution in [0.1, 0.15) is 5.69 Å². The van der Waals surface area contributed by atoms with E-state index in [1.54, 1.807) is 18.9 Å². The summed E-state index contributed by atoms with van der Waals surface area (Å²) in [5.41, 5.74) is 3.47. The van der Waals surface area contributed by atoms with Gasteiger partial charge >= 0.3 is 0 Å². The summed E-state index contributed by atoms with van der Waals surface area (Å²) in [7, 11) is 5.86. The highest BCUT2D eigenvalue weighted by atomic mass is 32.2. The number of fused-ring (bicyclic) bond motifs is 1. The van der Waals surface area contributed by atoms with Gasteiger partial charge in [-0.3, -0.25) is 0 Å². The van der Waals surface area contributed by atoms with Crippen LogP contribution in [0.4, 0.5) is 0 Å². The van der Waals surface area contributed by atoms with Crippen LogP contribution in [0.25, 0.3) is 21.9 Å². The number of methoxy groups -OCH3 is 1. The predicted molar refractivity (Wildman–Crippen MR) is 103 cm³/mol. The van der Waals surface area contributed by atoms with Crippen molar-refractivity contribution >= 4 is 22.5 Å². The number of pyridine rings is 1. The largest absolute Gasteiger partial charge is 0.497 e. The summed E-state index contributed by atoms with van der Waals surface area (Å²) >= 11 is 1.69. The molecule has 0 amide bonds. The maximum Gasteiger partial charge on any atom is 0.119 e. The Morgan fingerprint density at radius 2 is 1.79 bits per heavy atom. The minimum Gasteiger partial charge on any atom is -0.497 e. The van der Waals surface area contributed by atoms with Gasteiger partial charge in [-0.2, -0.15) is 0 Å². The lowest BCUT2D eigenvalue weighted by Gasteiger charge is -2.18. The average molecular weight is 338 g/mol. The van der Waals surface area contributed by atoms with Crippen LogP contribution in [0.3, 0.4) is 0 Å². The van der Waals surface area contributed by atoms with E-state index in [1.165, 1.54) is 21.9 Å². The van der Waals surface area contributed by atoms with Gasteiger partial charge < -0.3 is 9.64 Å². The number of ether oxygens (including phenoxy) is 1. The summed E-state index contributed by atoms with van der Waals surface area (Å²) in [6.07, 6.45) is 2.08. The molecule has 0 aliphatic heterocycles. The Morgan fingerprint density at radius 1 is 1.04 bits per heavy atom. The van der Waals surface area contributed by atoms with E-state index in [0.717, 1.165) is 23.0 Å². The minimum atomic E-state index is 0.797. The van der Waals surface area contributed by atoms with E-state index < -0.39 is 0 Å². The van der Waals surface area contributed by atoms with E-state index in [2.05, 4.69) is 61.6 Å². The third-order valence-corrected chi connectivity index (χ3v) is 4.67. The van der Waals surface area contributed by atoms with Crippen LogP contribution in [0, 0.1) is 0 Å². The van der Waals surface area contributed by atoms with Gasteiger partial charge in [0.15, 0.2) is 0 Å². The maximum absolute atomic E-state index is 5.47. The normalized spacial score (nSPS) is 11.2. The number of benzene rings is 2. The van der Waals surface area contributed by atoms with Gasteiger partial charge in [-0.25, -0.2) is 4.98 Å². The van der Waals surface area contributed by atoms with Gasteiger partial charge in [-0.15, -0.1) is 11.8 Å². The molecule has 0 N–H and O–H groups in total. The first-order valence-corrected chi connectivity index (χ1v) is 9.11. The fraction of sp³-hybridized carbons (Fsp3) is 0.250. The molecule has 0 unspecified atom stereocenters. The summed E-state index contributed by atoms with van der Waals surface area (Å²) < 4.78 is 5.47. The van der Waals surface area contributed by atoms with Crippen molar-refractivity contribution in [3.8, 4) is 16.9 Å². The summed E-state index contributed by atoms with van der Waals surface area (Å²) in [6.45, 7) is 0.797. The van der Waals surface area contributed by atoms with Crippen molar-refractivity contribution in [2.45, 2.75) is 11.6 Å². The molecule has 124 valence electrons. The topological polar surface area (TPSA) is 25.4 Å². The highest BCUT2D eigenvalue weighted by molar-refractivity contribution is 7.98. The highest BCUT2D eigenvalue weighted by Gasteiger charge is 2.16. The molecule has 0 aliphatic rings. The van der Waals surface area contributed by atoms with Gasteiger partial charge in [0.1, 0.15) is 10.8 Å². The Morgan fingerprint density at radius 3 is 2.42 bits per heavy atom. The molecule has 0 atom stereocenters. The summed E-state index contributed by atoms with van der Waals surface area (Å²) in [5.74, 6) is 0.869. The monoisotopic (exact) mass is 338 g/mol. The molecule has 3 rings (SSSR count). The van der Waals surface area contributed by atoms with Crippen LogP contribution in [0.2, 0.25) is 0 Å². The Balaban J connectivity index is 2.38. The number of hydrogen-bond donors (Lipinski definition) is 0. The van der Waals surface area contributed by atoms with Gasteiger partial charge in [0.2, 0.25) is 0 Å². The SMILES string of the molecule is COc1ccc2c(SC)nc(CN(C)C)c(-c3ccccc3)c2c1. The van der Waals surface area contributed by atoms with Gasteiger partial charge in [-0.05, 0) is 49.5 Å². The molecule has 0 fully saturated rings. The second-order valence-corrected chi connectivity index (χ2v) is 6.75. The van der Waals surface area contributed by atoms with Crippen LogP contribution in [-0.2, 0) is 6.54 Å². The molecule has 24 heavy (non-hydrogen) atoms. The van der Waals surface area contributed by atoms with E-state index in [-0.39, 0.29) is 0 Å². The molecule has 0 bridgehead atoms. The van der Waals surface area contributed by atoms with Gasteiger partial charge in [-0.1, -0.05) is 30.3 Å². The molecule has 0 radical (unpaired) electrons. The lowest BCUT2D eigenvalue weighted by Crippen LogP contribution is -2.13. The number of rotatable bonds is 5. The molecule has 0 saturated heterocycles. The van der Waals surface area contributed by atoms with Crippen molar-refractivity contribution in [3.63, 3.8) is 0 Å². The number of nitrogens with zero attached hydrogens (tertiary/aromatic N) is 2. The van der Waals surface area contributed by atoms with E-state index in [4.69, 9.17) is 9.72 Å². The number of aromatic nitrogens is 1. The zero-order valence-corrected chi connectivity index (χ0v) is 15.4. The standard InChI is InChI=1S/C20H22N2OS/c1-22(2)13-18-19(14-8-6-5-7-9-14)17-12-15(23-3)10-11-16(17)20(21-18)24-4/h5-12H,13H2,1-4H3. The molecule has 1 aromatic heterocycles. The van der Waals surface area contributed by atoms with Crippen molar-refractivity contribution in [1.82, 2.24) is 9.88 Å². The molecule has 2 aromatic carbocycles. The van der Waals surface area contributed by atoms with Crippen molar-refractivity contribution < 1.29 is 4.74 Å². The molecule has 3 nitrogen and oxygen atoms in total. The second kappa shape index (κ2) is 7.24. The lowest BCUT2D eigenvalue weighted by molar-refractivity contribution is 0.396. The Bertz CT molecular complexity index is 847. The molecular weight excluding hydrogens is 316 g/mol. The average Bonchev–Trinajstić information content (AvgIpc) is 2.60. The second-order valence-electron chi connectivity index (χ2n) is 5.96. The van der Waals surface area contributed by atoms with Crippen LogP contribution < -0.4 is 4.74 Å². The summed E-state index contributed by atoms with van der Waals surface area (Å²) in [4.78, 5) is 7.13. The zero-order chi connectivity index (χ0) is 17.1. The van der Waals surface area contributed by atoms with E-state index >= 15 is 0 Å². The van der Waals surface area contributed by atoms with Crippen molar-refractivity contribution in [3.05, 3.63) is 54.2 Å². The molecule has 0 aliphatic carbocycles. The van der Waals surface area contributed by atoms with Crippen LogP contribution in [0.15, 0.2) is 53.6 Å². The first-order valence-electron chi connectivity index (χ1n) is 7.88. The van der Waals surface area contributed by atoms with Gasteiger partial charge in [0.05, 0.1) is 12.8 Å². The van der Waals surface area contributed by atoms with E-state index in [0.29, 0.717) is 0 Å². The number of thioether (sulfide) groups is 1. The molecule has 1 heterocycles. The molecule has 3 aromatic rings. The predicted octanol–water partition coefficient (Wildman–Crippen LogP) is 4.69. The van der Waals surface area contributed by atoms with Crippen LogP contribution >= 0.6 is 11.8 Å². The van der Waals surface area contributed by atoms with Crippen LogP contribution in [-0.4, -0.2) is 37.3 Å². The number of hydrogen-bond acceptors (Lipinski definition) is 4. The highest BCUT2D eigenvalue weighted by Crippen LogP contribution is 2.37. The van der Waals surface area contributed by atoms with E-state index in [1.807, 2.05) is 12.1 Å². The fourth-order valence-corrected chi connectivity index (χ4v) is 3.53. The Kier molecular flexibility index (Phi) is 5.07. The first kappa shape index (κ1) is 16.8. The van der Waals surface area contributed by atoms with Crippen molar-refractivity contribution in [2.75, 3.05) is 27.5 Å². The van der Waals surface area contributed by atoms with Crippen molar-refractivity contribution in [1.29, 1.82) is 0 Å². The molecular formula is C20H22N2OS. The van der Waals surface area contributed by atoms with Gasteiger partial charge in [0, 0.05) is 17.5 Å². The smallest absolute Gasteiger partial charge is 0.119 e. The molecule has 0 saturated carbocycles. The third-order valence-electron chi connectivity index (χ3n) is 3.97.